The fourth-order valence-electron chi connectivity index (χ4n) is 2.89. The quantitative estimate of drug-likeness (QED) is 0.773. The summed E-state index contributed by atoms with van der Waals surface area (Å²) >= 11 is 5.84. The van der Waals surface area contributed by atoms with Crippen molar-refractivity contribution in [2.75, 3.05) is 16.8 Å². The first-order chi connectivity index (χ1) is 12.2. The number of nitrogens with zero attached hydrogens (tertiary/aromatic N) is 3. The van der Waals surface area contributed by atoms with Crippen molar-refractivity contribution in [3.8, 4) is 0 Å². The number of anilines is 3. The van der Waals surface area contributed by atoms with Crippen LogP contribution < -0.4 is 10.2 Å². The number of amides is 1. The number of hydrogen-bond donors (Lipinski definition) is 1. The van der Waals surface area contributed by atoms with E-state index in [1.807, 2.05) is 18.2 Å². The topological polar surface area (TPSA) is 58.1 Å². The highest BCUT2D eigenvalue weighted by Gasteiger charge is 2.21. The molecule has 3 aromatic rings. The van der Waals surface area contributed by atoms with Crippen LogP contribution in [0.5, 0.6) is 0 Å². The lowest BCUT2D eigenvalue weighted by atomic mass is 10.2. The Labute approximate surface area is 150 Å². The first-order valence-corrected chi connectivity index (χ1v) is 8.34. The van der Waals surface area contributed by atoms with Gasteiger partial charge in [0.05, 0.1) is 0 Å². The van der Waals surface area contributed by atoms with Crippen molar-refractivity contribution >= 4 is 34.7 Å². The van der Waals surface area contributed by atoms with Gasteiger partial charge in [0, 0.05) is 22.9 Å². The van der Waals surface area contributed by atoms with Gasteiger partial charge < -0.3 is 10.2 Å². The molecule has 5 nitrogen and oxygen atoms in total. The Balaban J connectivity index is 1.50. The third kappa shape index (κ3) is 3.19. The molecule has 2 aromatic carbocycles. The molecule has 0 radical (unpaired) electrons. The van der Waals surface area contributed by atoms with Crippen molar-refractivity contribution in [3.05, 3.63) is 76.9 Å². The van der Waals surface area contributed by atoms with Crippen molar-refractivity contribution in [3.63, 3.8) is 0 Å². The number of benzene rings is 2. The summed E-state index contributed by atoms with van der Waals surface area (Å²) in [4.78, 5) is 14.4. The molecular weight excluding hydrogens is 336 g/mol. The largest absolute Gasteiger partial charge is 0.324 e. The van der Waals surface area contributed by atoms with Crippen LogP contribution >= 0.6 is 11.6 Å². The second-order valence-electron chi connectivity index (χ2n) is 5.77. The Hall–Kier alpha value is -2.92. The van der Waals surface area contributed by atoms with Crippen LogP contribution in [0.3, 0.4) is 0 Å². The molecular formula is C19H15ClN4O. The van der Waals surface area contributed by atoms with Crippen LogP contribution in [0.25, 0.3) is 0 Å². The average Bonchev–Trinajstić information content (AvgIpc) is 3.08. The van der Waals surface area contributed by atoms with Crippen molar-refractivity contribution in [1.82, 2.24) is 10.2 Å². The predicted molar refractivity (Wildman–Crippen MR) is 98.6 cm³/mol. The van der Waals surface area contributed by atoms with Crippen molar-refractivity contribution in [2.24, 2.45) is 0 Å². The minimum absolute atomic E-state index is 0.270. The van der Waals surface area contributed by atoms with Crippen LogP contribution in [0.4, 0.5) is 17.2 Å². The van der Waals surface area contributed by atoms with Crippen LogP contribution in [0, 0.1) is 0 Å². The maximum atomic E-state index is 12.3. The predicted octanol–water partition coefficient (Wildman–Crippen LogP) is 4.08. The van der Waals surface area contributed by atoms with E-state index in [1.54, 1.807) is 30.3 Å². The molecule has 0 bridgehead atoms. The molecule has 0 saturated heterocycles. The highest BCUT2D eigenvalue weighted by atomic mass is 35.5. The molecule has 1 aliphatic rings. The van der Waals surface area contributed by atoms with Crippen LogP contribution in [0.15, 0.2) is 60.7 Å². The smallest absolute Gasteiger partial charge is 0.276 e. The van der Waals surface area contributed by atoms with E-state index in [4.69, 9.17) is 11.6 Å². The number of hydrogen-bond acceptors (Lipinski definition) is 4. The average molecular weight is 351 g/mol. The molecule has 1 N–H and O–H groups in total. The zero-order chi connectivity index (χ0) is 17.2. The van der Waals surface area contributed by atoms with E-state index in [2.05, 4.69) is 32.5 Å². The molecule has 25 heavy (non-hydrogen) atoms. The molecule has 2 heterocycles. The Kier molecular flexibility index (Phi) is 4.07. The normalized spacial score (nSPS) is 12.8. The maximum absolute atomic E-state index is 12.3. The van der Waals surface area contributed by atoms with Gasteiger partial charge in [0.25, 0.3) is 5.91 Å². The van der Waals surface area contributed by atoms with E-state index in [-0.39, 0.29) is 11.6 Å². The Bertz CT molecular complexity index is 909. The summed E-state index contributed by atoms with van der Waals surface area (Å²) in [5.74, 6) is 0.441. The van der Waals surface area contributed by atoms with Crippen molar-refractivity contribution in [1.29, 1.82) is 0 Å². The number of rotatable bonds is 3. The number of nitrogens with one attached hydrogen (secondary N) is 1. The van der Waals surface area contributed by atoms with Gasteiger partial charge in [-0.1, -0.05) is 29.8 Å². The molecule has 0 fully saturated rings. The van der Waals surface area contributed by atoms with Crippen molar-refractivity contribution < 1.29 is 4.79 Å². The fourth-order valence-corrected chi connectivity index (χ4v) is 3.02. The zero-order valence-corrected chi connectivity index (χ0v) is 14.1. The number of halogens is 1. The standard InChI is InChI=1S/C19H15ClN4O/c20-14-5-7-15(8-6-14)21-19(25)16-9-10-18(23-22-16)24-12-11-13-3-1-2-4-17(13)24/h1-10H,11-12H2,(H,21,25). The second kappa shape index (κ2) is 6.53. The summed E-state index contributed by atoms with van der Waals surface area (Å²) in [7, 11) is 0. The molecule has 1 aliphatic heterocycles. The summed E-state index contributed by atoms with van der Waals surface area (Å²) in [5, 5.41) is 11.7. The zero-order valence-electron chi connectivity index (χ0n) is 13.3. The Morgan fingerprint density at radius 2 is 1.80 bits per heavy atom. The van der Waals surface area contributed by atoms with E-state index in [1.165, 1.54) is 5.56 Å². The van der Waals surface area contributed by atoms with E-state index in [9.17, 15) is 4.79 Å². The lowest BCUT2D eigenvalue weighted by Crippen LogP contribution is -2.18. The first-order valence-electron chi connectivity index (χ1n) is 7.97. The maximum Gasteiger partial charge on any atom is 0.276 e. The molecule has 1 aromatic heterocycles. The third-order valence-electron chi connectivity index (χ3n) is 4.15. The van der Waals surface area contributed by atoms with Gasteiger partial charge in [0.1, 0.15) is 0 Å². The van der Waals surface area contributed by atoms with Gasteiger partial charge in [-0.25, -0.2) is 0 Å². The summed E-state index contributed by atoms with van der Waals surface area (Å²) in [5.41, 5.74) is 3.38. The van der Waals surface area contributed by atoms with E-state index in [0.717, 1.165) is 24.5 Å². The number of fused-ring (bicyclic) bond motifs is 1. The van der Waals surface area contributed by atoms with Crippen LogP contribution in [0.1, 0.15) is 16.1 Å². The minimum atomic E-state index is -0.303. The molecule has 0 saturated carbocycles. The molecule has 124 valence electrons. The van der Waals surface area contributed by atoms with Crippen LogP contribution in [-0.4, -0.2) is 22.6 Å². The monoisotopic (exact) mass is 350 g/mol. The fraction of sp³-hybridized carbons (Fsp3) is 0.105. The second-order valence-corrected chi connectivity index (χ2v) is 6.20. The SMILES string of the molecule is O=C(Nc1ccc(Cl)cc1)c1ccc(N2CCc3ccccc32)nn1. The lowest BCUT2D eigenvalue weighted by Gasteiger charge is -2.17. The van der Waals surface area contributed by atoms with E-state index in [0.29, 0.717) is 10.7 Å². The van der Waals surface area contributed by atoms with Gasteiger partial charge in [0.2, 0.25) is 0 Å². The summed E-state index contributed by atoms with van der Waals surface area (Å²) in [6.07, 6.45) is 0.983. The van der Waals surface area contributed by atoms with E-state index >= 15 is 0 Å². The molecule has 0 unspecified atom stereocenters. The summed E-state index contributed by atoms with van der Waals surface area (Å²) in [6, 6.07) is 18.7. The highest BCUT2D eigenvalue weighted by molar-refractivity contribution is 6.30. The van der Waals surface area contributed by atoms with E-state index < -0.39 is 0 Å². The lowest BCUT2D eigenvalue weighted by molar-refractivity contribution is 0.102. The van der Waals surface area contributed by atoms with Gasteiger partial charge >= 0.3 is 0 Å². The van der Waals surface area contributed by atoms with Gasteiger partial charge in [-0.2, -0.15) is 0 Å². The third-order valence-corrected chi connectivity index (χ3v) is 4.40. The van der Waals surface area contributed by atoms with Gasteiger partial charge in [0.15, 0.2) is 11.5 Å². The first kappa shape index (κ1) is 15.6. The molecule has 0 aliphatic carbocycles. The van der Waals surface area contributed by atoms with Gasteiger partial charge in [-0.05, 0) is 54.4 Å². The summed E-state index contributed by atoms with van der Waals surface area (Å²) in [6.45, 7) is 0.865. The van der Waals surface area contributed by atoms with Gasteiger partial charge in [-0.15, -0.1) is 10.2 Å². The van der Waals surface area contributed by atoms with Crippen LogP contribution in [0.2, 0.25) is 5.02 Å². The number of carbonyl (C=O) groups excluding carboxylic acids is 1. The number of aromatic nitrogens is 2. The highest BCUT2D eigenvalue weighted by Crippen LogP contribution is 2.32. The number of carbonyl (C=O) groups is 1. The Morgan fingerprint density at radius 1 is 1.00 bits per heavy atom. The minimum Gasteiger partial charge on any atom is -0.324 e. The Morgan fingerprint density at radius 3 is 2.56 bits per heavy atom. The molecule has 6 heteroatoms. The number of para-hydroxylation sites is 1. The van der Waals surface area contributed by atoms with Crippen molar-refractivity contribution in [2.45, 2.75) is 6.42 Å². The molecule has 1 amide bonds. The van der Waals surface area contributed by atoms with Crippen LogP contribution in [-0.2, 0) is 6.42 Å². The van der Waals surface area contributed by atoms with Gasteiger partial charge in [-0.3, -0.25) is 4.79 Å². The molecule has 0 spiro atoms. The molecule has 0 atom stereocenters. The molecule has 4 rings (SSSR count). The summed E-state index contributed by atoms with van der Waals surface area (Å²) < 4.78 is 0.